The van der Waals surface area contributed by atoms with Gasteiger partial charge in [0.15, 0.2) is 0 Å². The summed E-state index contributed by atoms with van der Waals surface area (Å²) < 4.78 is 296. The number of nitrogens with zero attached hydrogens (tertiary/aromatic N) is 4. The van der Waals surface area contributed by atoms with Crippen LogP contribution in [0.3, 0.4) is 0 Å². The topological polar surface area (TPSA) is 39.2 Å². The van der Waals surface area contributed by atoms with Crippen molar-refractivity contribution in [2.24, 2.45) is 0 Å². The lowest BCUT2D eigenvalue weighted by Crippen LogP contribution is -2.61. The highest BCUT2D eigenvalue weighted by molar-refractivity contribution is 7.00. The highest BCUT2D eigenvalue weighted by Gasteiger charge is 2.47. The number of rotatable bonds is 8. The molecular weight excluding hydrogens is 1320 g/mol. The molecule has 0 saturated heterocycles. The maximum absolute atomic E-state index is 10.0. The molecule has 9 heteroatoms. The minimum absolute atomic E-state index is 0.00127. The maximum Gasteiger partial charge on any atom is 0.297 e. The van der Waals surface area contributed by atoms with Crippen molar-refractivity contribution < 1.29 is 50.0 Å². The Kier molecular flexibility index (Phi) is 11.5. The Morgan fingerprint density at radius 3 is 1.23 bits per heavy atom. The molecule has 0 radical (unpaired) electrons. The summed E-state index contributed by atoms with van der Waals surface area (Å²) in [6, 6.07) is -5.19. The number of anilines is 12. The number of benzene rings is 10. The van der Waals surface area contributed by atoms with Gasteiger partial charge in [0.25, 0.3) is 6.71 Å². The minimum atomic E-state index is -1.28. The first-order valence-electron chi connectivity index (χ1n) is 50.1. The standard InChI is InChI=1S/C48H52BClN2O.C48H55ClN2O/c1-45(2,3)29-13-19-34(20-14-29)51-38-25-31(47(7,8)9)18-24-37(38)49-42-39(51)27-33(50)28-40(42)52(35-21-15-30(16-22-35)46(4,5)6)43-36-23-17-32(48(10,11)12)26-41(36)53-44(43)49;1-45(2,3)32-16-21-37(22-17-32)50(39-15-13-14-34(26-39)47(7,8)9)40-28-36(49)29-41(30-40)51(38-23-18-33(19-24-38)46(4,5)6)43-31-52-44-27-35(48(10,11)12)20-25-42(43)44/h13-28H,1-12H3;13-31H,1-12H3/i13D,14D,15D,16D,17D,18D,19D,20D,21D,22D,23D,24D,25D,26D;13D,14D,15D,16D,17D,18D,19D,20D,21D,22D,23D,24D,25D,26D,27D,31D. The molecule has 10 aromatic carbocycles. The number of hydrogen-bond acceptors (Lipinski definition) is 6. The average Bonchev–Trinajstić information content (AvgIpc) is 1.52. The molecule has 105 heavy (non-hydrogen) atoms. The van der Waals surface area contributed by atoms with Gasteiger partial charge in [0.05, 0.1) is 56.8 Å². The largest absolute Gasteiger partial charge is 0.468 e. The number of halogens is 2. The van der Waals surface area contributed by atoms with Gasteiger partial charge in [-0.3, -0.25) is 0 Å². The van der Waals surface area contributed by atoms with Crippen LogP contribution in [0.2, 0.25) is 10.0 Å². The Labute approximate surface area is 679 Å². The van der Waals surface area contributed by atoms with Crippen LogP contribution in [-0.4, -0.2) is 6.71 Å². The molecule has 2 aliphatic heterocycles. The smallest absolute Gasteiger partial charge is 0.297 e. The number of fused-ring (bicyclic) bond motifs is 7. The van der Waals surface area contributed by atoms with Gasteiger partial charge < -0.3 is 28.4 Å². The Balaban J connectivity index is 0.000000229. The van der Waals surface area contributed by atoms with Gasteiger partial charge in [-0.15, -0.1) is 0 Å². The molecule has 2 aliphatic rings. The van der Waals surface area contributed by atoms with E-state index in [0.29, 0.717) is 0 Å². The van der Waals surface area contributed by atoms with E-state index in [1.54, 1.807) is 166 Å². The minimum Gasteiger partial charge on any atom is -0.468 e. The van der Waals surface area contributed by atoms with Crippen molar-refractivity contribution in [2.75, 3.05) is 19.6 Å². The molecule has 0 fully saturated rings. The lowest BCUT2D eigenvalue weighted by Gasteiger charge is -2.43. The fourth-order valence-corrected chi connectivity index (χ4v) is 12.5. The molecule has 0 N–H and O–H groups in total. The second-order valence-electron chi connectivity index (χ2n) is 35.2. The van der Waals surface area contributed by atoms with Gasteiger partial charge in [-0.2, -0.15) is 0 Å². The van der Waals surface area contributed by atoms with Crippen LogP contribution >= 0.6 is 23.2 Å². The zero-order valence-electron chi connectivity index (χ0n) is 94.3. The molecule has 0 bridgehead atoms. The molecule has 0 saturated carbocycles. The van der Waals surface area contributed by atoms with Crippen molar-refractivity contribution in [2.45, 2.75) is 209 Å². The molecule has 0 amide bonds. The summed E-state index contributed by atoms with van der Waals surface area (Å²) in [7, 11) is 0. The van der Waals surface area contributed by atoms with Crippen molar-refractivity contribution >= 4 is 137 Å². The summed E-state index contributed by atoms with van der Waals surface area (Å²) >= 11 is 14.2. The third-order valence-corrected chi connectivity index (χ3v) is 18.6. The molecule has 0 spiro atoms. The third kappa shape index (κ3) is 14.7. The fourth-order valence-electron chi connectivity index (χ4n) is 12.1. The number of furan rings is 2. The Morgan fingerprint density at radius 2 is 0.733 bits per heavy atom. The quantitative estimate of drug-likeness (QED) is 0.141. The van der Waals surface area contributed by atoms with Crippen LogP contribution in [0.1, 0.15) is 252 Å². The molecule has 14 rings (SSSR count). The van der Waals surface area contributed by atoms with E-state index in [1.807, 2.05) is 0 Å². The van der Waals surface area contributed by atoms with Gasteiger partial charge in [-0.25, -0.2) is 0 Å². The van der Waals surface area contributed by atoms with Crippen LogP contribution < -0.4 is 36.2 Å². The average molecular weight is 1460 g/mol. The van der Waals surface area contributed by atoms with E-state index in [9.17, 15) is 37.0 Å². The zero-order valence-corrected chi connectivity index (χ0v) is 65.8. The van der Waals surface area contributed by atoms with Gasteiger partial charge in [0, 0.05) is 77.7 Å². The summed E-state index contributed by atoms with van der Waals surface area (Å²) in [5, 5.41) is -0.416. The summed E-state index contributed by atoms with van der Waals surface area (Å²) in [5.41, 5.74) is -8.65. The van der Waals surface area contributed by atoms with Crippen LogP contribution in [0.25, 0.3) is 21.9 Å². The first-order valence-corrected chi connectivity index (χ1v) is 35.9. The normalized spacial score (nSPS) is 17.6. The van der Waals surface area contributed by atoms with Crippen LogP contribution in [0.4, 0.5) is 68.2 Å². The van der Waals surface area contributed by atoms with Crippen LogP contribution in [0, 0.1) is 0 Å². The van der Waals surface area contributed by atoms with Crippen LogP contribution in [-0.2, 0) is 43.3 Å². The highest BCUT2D eigenvalue weighted by atomic mass is 35.5. The first-order chi connectivity index (χ1) is 61.5. The van der Waals surface area contributed by atoms with Gasteiger partial charge >= 0.3 is 0 Å². The summed E-state index contributed by atoms with van der Waals surface area (Å²) in [6.07, 6.45) is -0.693. The first kappa shape index (κ1) is 45.6. The highest BCUT2D eigenvalue weighted by Crippen LogP contribution is 2.51. The Morgan fingerprint density at radius 1 is 0.343 bits per heavy atom. The van der Waals surface area contributed by atoms with Gasteiger partial charge in [0.2, 0.25) is 0 Å². The van der Waals surface area contributed by atoms with Crippen molar-refractivity contribution in [3.8, 4) is 0 Å². The summed E-state index contributed by atoms with van der Waals surface area (Å²) in [4.78, 5) is 4.96. The molecule has 2 aromatic heterocycles. The molecular formula is C96H107BCl2N4O2. The monoisotopic (exact) mass is 1460 g/mol. The Hall–Kier alpha value is -8.88. The Bertz CT molecular complexity index is 7040. The molecule has 0 unspecified atom stereocenters. The lowest BCUT2D eigenvalue weighted by molar-refractivity contribution is 0.583. The number of hydrogen-bond donors (Lipinski definition) is 0. The third-order valence-electron chi connectivity index (χ3n) is 18.2. The predicted molar refractivity (Wildman–Crippen MR) is 455 cm³/mol. The molecule has 0 atom stereocenters. The summed E-state index contributed by atoms with van der Waals surface area (Å²) in [6.45, 7) is 41.0. The van der Waals surface area contributed by atoms with Crippen LogP contribution in [0.15, 0.2) is 221 Å². The van der Waals surface area contributed by atoms with E-state index >= 15 is 0 Å². The van der Waals surface area contributed by atoms with E-state index in [-0.39, 0.29) is 217 Å². The van der Waals surface area contributed by atoms with E-state index < -0.39 is 176 Å². The fraction of sp³-hybridized carbons (Fsp3) is 0.333. The summed E-state index contributed by atoms with van der Waals surface area (Å²) in [5.74, 6) is 0. The maximum atomic E-state index is 10.0. The van der Waals surface area contributed by atoms with Gasteiger partial charge in [-0.05, 0) is 220 Å². The van der Waals surface area contributed by atoms with E-state index in [2.05, 4.69) is 0 Å². The second-order valence-corrected chi connectivity index (χ2v) is 36.1. The van der Waals surface area contributed by atoms with E-state index in [4.69, 9.17) is 36.1 Å². The molecule has 0 aliphatic carbocycles. The zero-order chi connectivity index (χ0) is 102. The van der Waals surface area contributed by atoms with Crippen molar-refractivity contribution in [1.29, 1.82) is 0 Å². The molecule has 540 valence electrons. The van der Waals surface area contributed by atoms with Crippen LogP contribution in [0.5, 0.6) is 0 Å². The molecule has 6 nitrogen and oxygen atoms in total. The second kappa shape index (κ2) is 26.6. The molecule has 12 aromatic rings. The van der Waals surface area contributed by atoms with Gasteiger partial charge in [-0.1, -0.05) is 274 Å². The van der Waals surface area contributed by atoms with Crippen molar-refractivity contribution in [3.63, 3.8) is 0 Å². The van der Waals surface area contributed by atoms with E-state index in [1.165, 1.54) is 40.1 Å². The lowest BCUT2D eigenvalue weighted by atomic mass is 9.35. The van der Waals surface area contributed by atoms with Gasteiger partial charge in [0.1, 0.15) is 18.8 Å². The molecule has 4 heterocycles. The van der Waals surface area contributed by atoms with Crippen molar-refractivity contribution in [1.82, 2.24) is 0 Å². The predicted octanol–water partition coefficient (Wildman–Crippen LogP) is 27.6. The van der Waals surface area contributed by atoms with E-state index in [0.717, 1.165) is 9.80 Å². The SMILES string of the molecule is [2H]c1c([2H])c(C(C)(C)C)c([2H])c2c1B1c3oc4c([2H])c(C(C)(C)C)c([2H])c([2H])c4c3N(c3c([2H])c([2H])c(C(C)(C)C)c([2H])c3[2H])c3cc(Cl)cc(c31)N2c1c([2H])c([2H])c(C(C)(C)C)c([2H])c1[2H].[2H]c1oc2c([2H])c(C(C)(C)C)c([2H])c([2H])c2c1N(c1cc(Cl)cc(N(c2c([2H])c([2H])c(C(C)(C)C)c([2H])c2[2H])c2c([2H])c([2H])c([2H])c(C(C)(C)C)c2[2H])c1)c1c([2H])c([2H])c(C(C)(C)C)c([2H])c1[2H]. The van der Waals surface area contributed by atoms with Crippen molar-refractivity contribution in [3.05, 3.63) is 266 Å².